The van der Waals surface area contributed by atoms with Gasteiger partial charge in [0.15, 0.2) is 0 Å². The molecule has 1 amide bonds. The molecule has 16 heavy (non-hydrogen) atoms. The molecule has 88 valence electrons. The zero-order valence-electron chi connectivity index (χ0n) is 9.44. The van der Waals surface area contributed by atoms with E-state index in [9.17, 15) is 4.79 Å². The molecule has 2 N–H and O–H groups in total. The minimum atomic E-state index is 0.132. The highest BCUT2D eigenvalue weighted by Crippen LogP contribution is 2.18. The normalized spacial score (nSPS) is 15.1. The fraction of sp³-hybridized carbons (Fsp3) is 0.700. The van der Waals surface area contributed by atoms with Crippen molar-refractivity contribution in [3.05, 3.63) is 12.2 Å². The third-order valence-corrected chi connectivity index (χ3v) is 2.56. The van der Waals surface area contributed by atoms with E-state index in [1.54, 1.807) is 6.33 Å². The number of hydrogen-bond acceptors (Lipinski definition) is 4. The summed E-state index contributed by atoms with van der Waals surface area (Å²) >= 11 is 0. The maximum atomic E-state index is 11.3. The molecule has 6 heteroatoms. The van der Waals surface area contributed by atoms with Crippen LogP contribution in [0.4, 0.5) is 0 Å². The van der Waals surface area contributed by atoms with Gasteiger partial charge in [-0.25, -0.2) is 0 Å². The zero-order valence-corrected chi connectivity index (χ0v) is 9.44. The third-order valence-electron chi connectivity index (χ3n) is 2.56. The van der Waals surface area contributed by atoms with Crippen LogP contribution < -0.4 is 10.6 Å². The van der Waals surface area contributed by atoms with Gasteiger partial charge in [0.1, 0.15) is 12.2 Å². The Hall–Kier alpha value is -1.43. The Bertz CT molecular complexity index is 358. The van der Waals surface area contributed by atoms with Crippen molar-refractivity contribution in [3.63, 3.8) is 0 Å². The Morgan fingerprint density at radius 3 is 3.06 bits per heavy atom. The van der Waals surface area contributed by atoms with Crippen LogP contribution in [0, 0.1) is 0 Å². The molecule has 1 aromatic heterocycles. The number of carbonyl (C=O) groups is 1. The van der Waals surface area contributed by atoms with Crippen LogP contribution in [0.2, 0.25) is 0 Å². The van der Waals surface area contributed by atoms with Gasteiger partial charge in [0.05, 0.1) is 6.54 Å². The first-order chi connectivity index (χ1) is 7.75. The average molecular weight is 223 g/mol. The van der Waals surface area contributed by atoms with Crippen LogP contribution in [0.15, 0.2) is 6.33 Å². The fourth-order valence-corrected chi connectivity index (χ4v) is 1.40. The average Bonchev–Trinajstić information content (AvgIpc) is 2.96. The van der Waals surface area contributed by atoms with Crippen LogP contribution in [-0.4, -0.2) is 33.3 Å². The van der Waals surface area contributed by atoms with Gasteiger partial charge in [0.2, 0.25) is 5.91 Å². The number of aryl methyl sites for hydroxylation is 1. The molecule has 1 aliphatic rings. The summed E-state index contributed by atoms with van der Waals surface area (Å²) < 4.78 is 1.86. The van der Waals surface area contributed by atoms with Crippen molar-refractivity contribution in [2.24, 2.45) is 7.05 Å². The minimum Gasteiger partial charge on any atom is -0.353 e. The SMILES string of the molecule is Cn1cnnc1CNCCC(=O)NC1CC1. The highest BCUT2D eigenvalue weighted by molar-refractivity contribution is 5.76. The molecule has 0 aromatic carbocycles. The van der Waals surface area contributed by atoms with Gasteiger partial charge in [0, 0.05) is 26.1 Å². The molecule has 1 fully saturated rings. The Labute approximate surface area is 94.4 Å². The summed E-state index contributed by atoms with van der Waals surface area (Å²) in [5.41, 5.74) is 0. The Kier molecular flexibility index (Phi) is 3.51. The third kappa shape index (κ3) is 3.30. The maximum absolute atomic E-state index is 11.3. The molecule has 0 unspecified atom stereocenters. The van der Waals surface area contributed by atoms with Crippen LogP contribution in [0.5, 0.6) is 0 Å². The van der Waals surface area contributed by atoms with E-state index in [0.717, 1.165) is 18.7 Å². The topological polar surface area (TPSA) is 71.8 Å². The van der Waals surface area contributed by atoms with Crippen LogP contribution in [0.25, 0.3) is 0 Å². The molecule has 0 bridgehead atoms. The van der Waals surface area contributed by atoms with Crippen LogP contribution in [0.1, 0.15) is 25.1 Å². The van der Waals surface area contributed by atoms with Crippen LogP contribution >= 0.6 is 0 Å². The summed E-state index contributed by atoms with van der Waals surface area (Å²) in [6.45, 7) is 1.32. The highest BCUT2D eigenvalue weighted by Gasteiger charge is 2.22. The van der Waals surface area contributed by atoms with Gasteiger partial charge in [-0.3, -0.25) is 4.79 Å². The predicted octanol–water partition coefficient (Wildman–Crippen LogP) is -0.427. The number of nitrogens with one attached hydrogen (secondary N) is 2. The molecule has 0 saturated heterocycles. The van der Waals surface area contributed by atoms with E-state index < -0.39 is 0 Å². The summed E-state index contributed by atoms with van der Waals surface area (Å²) in [5, 5.41) is 13.8. The minimum absolute atomic E-state index is 0.132. The van der Waals surface area contributed by atoms with E-state index in [0.29, 0.717) is 25.6 Å². The lowest BCUT2D eigenvalue weighted by Crippen LogP contribution is -2.29. The number of rotatable bonds is 6. The lowest BCUT2D eigenvalue weighted by Gasteiger charge is -2.04. The van der Waals surface area contributed by atoms with Crippen molar-refractivity contribution >= 4 is 5.91 Å². The van der Waals surface area contributed by atoms with Crippen molar-refractivity contribution in [1.82, 2.24) is 25.4 Å². The van der Waals surface area contributed by atoms with Gasteiger partial charge in [-0.15, -0.1) is 10.2 Å². The highest BCUT2D eigenvalue weighted by atomic mass is 16.1. The number of aromatic nitrogens is 3. The van der Waals surface area contributed by atoms with Crippen molar-refractivity contribution in [2.75, 3.05) is 6.54 Å². The first kappa shape index (κ1) is 11.1. The van der Waals surface area contributed by atoms with E-state index >= 15 is 0 Å². The molecule has 1 saturated carbocycles. The lowest BCUT2D eigenvalue weighted by molar-refractivity contribution is -0.121. The molecule has 0 atom stereocenters. The van der Waals surface area contributed by atoms with E-state index in [2.05, 4.69) is 20.8 Å². The second kappa shape index (κ2) is 5.07. The molecule has 1 aliphatic carbocycles. The van der Waals surface area contributed by atoms with Gasteiger partial charge in [-0.05, 0) is 12.8 Å². The van der Waals surface area contributed by atoms with Gasteiger partial charge in [-0.2, -0.15) is 0 Å². The fourth-order valence-electron chi connectivity index (χ4n) is 1.40. The molecular formula is C10H17N5O. The Morgan fingerprint density at radius 2 is 2.44 bits per heavy atom. The van der Waals surface area contributed by atoms with Crippen molar-refractivity contribution in [1.29, 1.82) is 0 Å². The number of hydrogen-bond donors (Lipinski definition) is 2. The molecule has 0 aliphatic heterocycles. The summed E-state index contributed by atoms with van der Waals surface area (Å²) in [4.78, 5) is 11.3. The second-order valence-corrected chi connectivity index (χ2v) is 4.13. The summed E-state index contributed by atoms with van der Waals surface area (Å²) in [7, 11) is 1.90. The van der Waals surface area contributed by atoms with Gasteiger partial charge in [-0.1, -0.05) is 0 Å². The lowest BCUT2D eigenvalue weighted by atomic mass is 10.4. The van der Waals surface area contributed by atoms with E-state index in [4.69, 9.17) is 0 Å². The van der Waals surface area contributed by atoms with E-state index in [1.807, 2.05) is 11.6 Å². The molecule has 1 heterocycles. The molecular weight excluding hydrogens is 206 g/mol. The Morgan fingerprint density at radius 1 is 1.62 bits per heavy atom. The van der Waals surface area contributed by atoms with Gasteiger partial charge in [0.25, 0.3) is 0 Å². The first-order valence-electron chi connectivity index (χ1n) is 5.58. The first-order valence-corrected chi connectivity index (χ1v) is 5.58. The summed E-state index contributed by atoms with van der Waals surface area (Å²) in [5.74, 6) is 1.01. The standard InChI is InChI=1S/C10H17N5O/c1-15-7-12-14-9(15)6-11-5-4-10(16)13-8-2-3-8/h7-8,11H,2-6H2,1H3,(H,13,16). The van der Waals surface area contributed by atoms with Crippen LogP contribution in [-0.2, 0) is 18.4 Å². The molecule has 2 rings (SSSR count). The van der Waals surface area contributed by atoms with Gasteiger partial charge >= 0.3 is 0 Å². The number of amides is 1. The monoisotopic (exact) mass is 223 g/mol. The smallest absolute Gasteiger partial charge is 0.221 e. The summed E-state index contributed by atoms with van der Waals surface area (Å²) in [6.07, 6.45) is 4.46. The van der Waals surface area contributed by atoms with Crippen LogP contribution in [0.3, 0.4) is 0 Å². The van der Waals surface area contributed by atoms with Crippen molar-refractivity contribution in [2.45, 2.75) is 31.8 Å². The quantitative estimate of drug-likeness (QED) is 0.642. The molecule has 1 aromatic rings. The number of nitrogens with zero attached hydrogens (tertiary/aromatic N) is 3. The largest absolute Gasteiger partial charge is 0.353 e. The number of carbonyl (C=O) groups excluding carboxylic acids is 1. The molecule has 0 radical (unpaired) electrons. The molecule has 0 spiro atoms. The molecule has 6 nitrogen and oxygen atoms in total. The summed E-state index contributed by atoms with van der Waals surface area (Å²) in [6, 6.07) is 0.450. The zero-order chi connectivity index (χ0) is 11.4. The van der Waals surface area contributed by atoms with E-state index in [-0.39, 0.29) is 5.91 Å². The van der Waals surface area contributed by atoms with E-state index in [1.165, 1.54) is 0 Å². The predicted molar refractivity (Wildman–Crippen MR) is 58.5 cm³/mol. The van der Waals surface area contributed by atoms with Crippen molar-refractivity contribution in [3.8, 4) is 0 Å². The second-order valence-electron chi connectivity index (χ2n) is 4.13. The van der Waals surface area contributed by atoms with Gasteiger partial charge < -0.3 is 15.2 Å². The Balaban J connectivity index is 1.57. The van der Waals surface area contributed by atoms with Crippen molar-refractivity contribution < 1.29 is 4.79 Å². The maximum Gasteiger partial charge on any atom is 0.221 e.